The van der Waals surface area contributed by atoms with E-state index in [-0.39, 0.29) is 24.9 Å². The standard InChI is InChI=1S/C17H17N3O4/c18-15(21)14-11-20(9-10-23-14)17(22)13-7-4-8-19-16(13)24-12-5-2-1-3-6-12/h1-8,14H,9-11H2,(H2,18,21)/t14-/m1/s1. The molecule has 1 aromatic heterocycles. The summed E-state index contributed by atoms with van der Waals surface area (Å²) in [4.78, 5) is 29.7. The number of amides is 2. The van der Waals surface area contributed by atoms with Gasteiger partial charge in [0, 0.05) is 12.7 Å². The summed E-state index contributed by atoms with van der Waals surface area (Å²) < 4.78 is 11.0. The van der Waals surface area contributed by atoms with Crippen molar-refractivity contribution >= 4 is 11.8 Å². The number of nitrogens with zero attached hydrogens (tertiary/aromatic N) is 2. The zero-order valence-electron chi connectivity index (χ0n) is 12.9. The van der Waals surface area contributed by atoms with Crippen LogP contribution in [0.5, 0.6) is 11.6 Å². The van der Waals surface area contributed by atoms with Gasteiger partial charge in [-0.15, -0.1) is 0 Å². The molecule has 2 heterocycles. The monoisotopic (exact) mass is 327 g/mol. The first-order valence-electron chi connectivity index (χ1n) is 7.53. The van der Waals surface area contributed by atoms with Crippen molar-refractivity contribution in [2.24, 2.45) is 5.73 Å². The quantitative estimate of drug-likeness (QED) is 0.910. The lowest BCUT2D eigenvalue weighted by atomic mass is 10.2. The van der Waals surface area contributed by atoms with E-state index in [0.717, 1.165) is 0 Å². The molecule has 124 valence electrons. The minimum Gasteiger partial charge on any atom is -0.438 e. The summed E-state index contributed by atoms with van der Waals surface area (Å²) in [5.74, 6) is -0.0546. The number of carbonyl (C=O) groups excluding carboxylic acids is 2. The van der Waals surface area contributed by atoms with Gasteiger partial charge in [-0.3, -0.25) is 9.59 Å². The number of aromatic nitrogens is 1. The summed E-state index contributed by atoms with van der Waals surface area (Å²) in [5, 5.41) is 0. The van der Waals surface area contributed by atoms with Gasteiger partial charge < -0.3 is 20.1 Å². The predicted molar refractivity (Wildman–Crippen MR) is 85.6 cm³/mol. The van der Waals surface area contributed by atoms with E-state index in [1.54, 1.807) is 30.5 Å². The average Bonchev–Trinajstić information content (AvgIpc) is 2.62. The van der Waals surface area contributed by atoms with Crippen LogP contribution in [0.3, 0.4) is 0 Å². The molecule has 7 heteroatoms. The highest BCUT2D eigenvalue weighted by molar-refractivity contribution is 5.97. The summed E-state index contributed by atoms with van der Waals surface area (Å²) in [5.41, 5.74) is 5.59. The fourth-order valence-corrected chi connectivity index (χ4v) is 2.41. The van der Waals surface area contributed by atoms with Crippen molar-refractivity contribution in [1.29, 1.82) is 0 Å². The number of hydrogen-bond acceptors (Lipinski definition) is 5. The number of benzene rings is 1. The summed E-state index contributed by atoms with van der Waals surface area (Å²) in [6, 6.07) is 12.4. The lowest BCUT2D eigenvalue weighted by Crippen LogP contribution is -2.50. The van der Waals surface area contributed by atoms with E-state index >= 15 is 0 Å². The Hall–Kier alpha value is -2.93. The Morgan fingerprint density at radius 2 is 2.00 bits per heavy atom. The van der Waals surface area contributed by atoms with Crippen LogP contribution in [0.4, 0.5) is 0 Å². The average molecular weight is 327 g/mol. The molecular formula is C17H17N3O4. The highest BCUT2D eigenvalue weighted by Crippen LogP contribution is 2.24. The molecule has 0 aliphatic carbocycles. The minimum atomic E-state index is -0.794. The number of para-hydroxylation sites is 1. The van der Waals surface area contributed by atoms with E-state index in [0.29, 0.717) is 17.9 Å². The van der Waals surface area contributed by atoms with E-state index in [4.69, 9.17) is 15.2 Å². The van der Waals surface area contributed by atoms with Crippen molar-refractivity contribution in [2.75, 3.05) is 19.7 Å². The number of nitrogens with two attached hydrogens (primary N) is 1. The first kappa shape index (κ1) is 15.9. The Morgan fingerprint density at radius 3 is 2.75 bits per heavy atom. The van der Waals surface area contributed by atoms with E-state index in [1.807, 2.05) is 18.2 Å². The molecule has 1 saturated heterocycles. The van der Waals surface area contributed by atoms with Crippen LogP contribution in [-0.4, -0.2) is 47.5 Å². The molecule has 0 bridgehead atoms. The van der Waals surface area contributed by atoms with Crippen LogP contribution in [0.15, 0.2) is 48.7 Å². The molecule has 7 nitrogen and oxygen atoms in total. The van der Waals surface area contributed by atoms with Gasteiger partial charge in [-0.05, 0) is 24.3 Å². The molecule has 1 aliphatic rings. The zero-order valence-corrected chi connectivity index (χ0v) is 12.9. The maximum atomic E-state index is 12.8. The molecule has 1 atom stereocenters. The van der Waals surface area contributed by atoms with Crippen molar-refractivity contribution in [2.45, 2.75) is 6.10 Å². The largest absolute Gasteiger partial charge is 0.438 e. The van der Waals surface area contributed by atoms with E-state index in [1.165, 1.54) is 4.90 Å². The van der Waals surface area contributed by atoms with Gasteiger partial charge in [-0.1, -0.05) is 18.2 Å². The van der Waals surface area contributed by atoms with Crippen molar-refractivity contribution in [3.8, 4) is 11.6 Å². The predicted octanol–water partition coefficient (Wildman–Crippen LogP) is 1.20. The third kappa shape index (κ3) is 3.52. The van der Waals surface area contributed by atoms with Crippen LogP contribution in [0.2, 0.25) is 0 Å². The fourth-order valence-electron chi connectivity index (χ4n) is 2.41. The first-order valence-corrected chi connectivity index (χ1v) is 7.53. The third-order valence-corrected chi connectivity index (χ3v) is 3.63. The summed E-state index contributed by atoms with van der Waals surface area (Å²) >= 11 is 0. The number of primary amides is 1. The normalized spacial score (nSPS) is 17.3. The number of morpholine rings is 1. The van der Waals surface area contributed by atoms with Crippen molar-refractivity contribution in [3.63, 3.8) is 0 Å². The second-order valence-electron chi connectivity index (χ2n) is 5.28. The number of carbonyl (C=O) groups is 2. The van der Waals surface area contributed by atoms with Gasteiger partial charge in [0.25, 0.3) is 5.91 Å². The smallest absolute Gasteiger partial charge is 0.259 e. The van der Waals surface area contributed by atoms with Gasteiger partial charge in [-0.25, -0.2) is 4.98 Å². The molecule has 3 rings (SSSR count). The molecule has 2 amide bonds. The van der Waals surface area contributed by atoms with Crippen LogP contribution in [-0.2, 0) is 9.53 Å². The molecule has 1 fully saturated rings. The Bertz CT molecular complexity index is 736. The summed E-state index contributed by atoms with van der Waals surface area (Å²) in [6.07, 6.45) is 0.762. The summed E-state index contributed by atoms with van der Waals surface area (Å²) in [6.45, 7) is 0.755. The Balaban J connectivity index is 1.81. The van der Waals surface area contributed by atoms with Gasteiger partial charge >= 0.3 is 0 Å². The Labute approximate surface area is 139 Å². The first-order chi connectivity index (χ1) is 11.6. The molecule has 1 aromatic carbocycles. The van der Waals surface area contributed by atoms with Crippen molar-refractivity contribution < 1.29 is 19.1 Å². The number of rotatable bonds is 4. The van der Waals surface area contributed by atoms with Crippen LogP contribution in [0.25, 0.3) is 0 Å². The lowest BCUT2D eigenvalue weighted by Gasteiger charge is -2.31. The minimum absolute atomic E-state index is 0.119. The zero-order chi connectivity index (χ0) is 16.9. The molecule has 2 N–H and O–H groups in total. The molecule has 0 radical (unpaired) electrons. The van der Waals surface area contributed by atoms with E-state index in [2.05, 4.69) is 4.98 Å². The van der Waals surface area contributed by atoms with E-state index < -0.39 is 12.0 Å². The fraction of sp³-hybridized carbons (Fsp3) is 0.235. The lowest BCUT2D eigenvalue weighted by molar-refractivity contribution is -0.133. The van der Waals surface area contributed by atoms with Crippen LogP contribution >= 0.6 is 0 Å². The molecular weight excluding hydrogens is 310 g/mol. The maximum Gasteiger partial charge on any atom is 0.259 e. The Kier molecular flexibility index (Phi) is 4.72. The van der Waals surface area contributed by atoms with Crippen molar-refractivity contribution in [3.05, 3.63) is 54.2 Å². The third-order valence-electron chi connectivity index (χ3n) is 3.63. The van der Waals surface area contributed by atoms with Crippen LogP contribution in [0.1, 0.15) is 10.4 Å². The maximum absolute atomic E-state index is 12.8. The van der Waals surface area contributed by atoms with Gasteiger partial charge in [0.1, 0.15) is 11.3 Å². The molecule has 2 aromatic rings. The summed E-state index contributed by atoms with van der Waals surface area (Å²) in [7, 11) is 0. The Morgan fingerprint density at radius 1 is 1.21 bits per heavy atom. The van der Waals surface area contributed by atoms with E-state index in [9.17, 15) is 9.59 Å². The molecule has 24 heavy (non-hydrogen) atoms. The highest BCUT2D eigenvalue weighted by Gasteiger charge is 2.29. The second kappa shape index (κ2) is 7.10. The van der Waals surface area contributed by atoms with Gasteiger partial charge in [0.15, 0.2) is 6.10 Å². The molecule has 0 unspecified atom stereocenters. The van der Waals surface area contributed by atoms with Gasteiger partial charge in [0.05, 0.1) is 13.2 Å². The van der Waals surface area contributed by atoms with Crippen molar-refractivity contribution in [1.82, 2.24) is 9.88 Å². The number of hydrogen-bond donors (Lipinski definition) is 1. The highest BCUT2D eigenvalue weighted by atomic mass is 16.5. The second-order valence-corrected chi connectivity index (χ2v) is 5.28. The molecule has 0 spiro atoms. The number of pyridine rings is 1. The van der Waals surface area contributed by atoms with Gasteiger partial charge in [0.2, 0.25) is 11.8 Å². The van der Waals surface area contributed by atoms with Crippen LogP contribution < -0.4 is 10.5 Å². The van der Waals surface area contributed by atoms with Crippen LogP contribution in [0, 0.1) is 0 Å². The molecule has 0 saturated carbocycles. The molecule has 1 aliphatic heterocycles. The number of ether oxygens (including phenoxy) is 2. The topological polar surface area (TPSA) is 94.8 Å². The van der Waals surface area contributed by atoms with Gasteiger partial charge in [-0.2, -0.15) is 0 Å². The SMILES string of the molecule is NC(=O)[C@H]1CN(C(=O)c2cccnc2Oc2ccccc2)CCO1.